The van der Waals surface area contributed by atoms with Crippen molar-refractivity contribution >= 4 is 15.9 Å². The zero-order valence-corrected chi connectivity index (χ0v) is 16.2. The van der Waals surface area contributed by atoms with E-state index in [0.29, 0.717) is 37.4 Å². The second kappa shape index (κ2) is 8.65. The molecule has 1 amide bonds. The van der Waals surface area contributed by atoms with E-state index in [-0.39, 0.29) is 18.2 Å². The molecule has 6 nitrogen and oxygen atoms in total. The second-order valence-electron chi connectivity index (χ2n) is 6.59. The van der Waals surface area contributed by atoms with Gasteiger partial charge >= 0.3 is 0 Å². The summed E-state index contributed by atoms with van der Waals surface area (Å²) in [5, 5.41) is 2.87. The van der Waals surface area contributed by atoms with Gasteiger partial charge in [0.15, 0.2) is 0 Å². The monoisotopic (exact) mass is 388 g/mol. The first-order chi connectivity index (χ1) is 13.0. The SMILES string of the molecule is Cc1ccc(C(=O)NCc2ccccc2CS(=O)(=O)N2CCOCC2)cc1. The van der Waals surface area contributed by atoms with Crippen LogP contribution >= 0.6 is 0 Å². The van der Waals surface area contributed by atoms with Crippen molar-refractivity contribution in [1.82, 2.24) is 9.62 Å². The van der Waals surface area contributed by atoms with Crippen molar-refractivity contribution < 1.29 is 17.9 Å². The van der Waals surface area contributed by atoms with Gasteiger partial charge in [-0.15, -0.1) is 0 Å². The topological polar surface area (TPSA) is 75.7 Å². The first kappa shape index (κ1) is 19.5. The van der Waals surface area contributed by atoms with E-state index in [0.717, 1.165) is 11.1 Å². The van der Waals surface area contributed by atoms with Gasteiger partial charge in [0.2, 0.25) is 10.0 Å². The van der Waals surface area contributed by atoms with Crippen LogP contribution in [-0.4, -0.2) is 44.9 Å². The van der Waals surface area contributed by atoms with Crippen molar-refractivity contribution in [3.8, 4) is 0 Å². The van der Waals surface area contributed by atoms with Crippen LogP contribution in [0.4, 0.5) is 0 Å². The largest absolute Gasteiger partial charge is 0.379 e. The summed E-state index contributed by atoms with van der Waals surface area (Å²) in [7, 11) is -3.41. The number of carbonyl (C=O) groups is 1. The van der Waals surface area contributed by atoms with Crippen LogP contribution in [0.3, 0.4) is 0 Å². The molecule has 0 atom stereocenters. The Morgan fingerprint density at radius 2 is 1.67 bits per heavy atom. The predicted octanol–water partition coefficient (Wildman–Crippen LogP) is 2.09. The van der Waals surface area contributed by atoms with E-state index in [4.69, 9.17) is 4.74 Å². The number of hydrogen-bond acceptors (Lipinski definition) is 4. The van der Waals surface area contributed by atoms with E-state index in [1.54, 1.807) is 18.2 Å². The quantitative estimate of drug-likeness (QED) is 0.822. The minimum atomic E-state index is -3.41. The highest BCUT2D eigenvalue weighted by Gasteiger charge is 2.25. The normalized spacial score (nSPS) is 15.4. The van der Waals surface area contributed by atoms with Gasteiger partial charge in [0, 0.05) is 25.2 Å². The number of sulfonamides is 1. The molecule has 1 N–H and O–H groups in total. The maximum Gasteiger partial charge on any atom is 0.251 e. The maximum absolute atomic E-state index is 12.7. The van der Waals surface area contributed by atoms with Gasteiger partial charge in [-0.25, -0.2) is 8.42 Å². The van der Waals surface area contributed by atoms with Crippen LogP contribution in [0.2, 0.25) is 0 Å². The summed E-state index contributed by atoms with van der Waals surface area (Å²) in [5.41, 5.74) is 3.17. The number of benzene rings is 2. The minimum absolute atomic E-state index is 0.0798. The average Bonchev–Trinajstić information content (AvgIpc) is 2.68. The van der Waals surface area contributed by atoms with Crippen LogP contribution in [-0.2, 0) is 27.1 Å². The average molecular weight is 388 g/mol. The predicted molar refractivity (Wildman–Crippen MR) is 104 cm³/mol. The molecule has 7 heteroatoms. The molecule has 0 radical (unpaired) electrons. The summed E-state index contributed by atoms with van der Waals surface area (Å²) in [4.78, 5) is 12.3. The Morgan fingerprint density at radius 3 is 2.33 bits per heavy atom. The molecule has 0 aromatic heterocycles. The third-order valence-electron chi connectivity index (χ3n) is 4.57. The molecule has 0 unspecified atom stereocenters. The second-order valence-corrected chi connectivity index (χ2v) is 8.55. The molecule has 2 aromatic rings. The zero-order chi connectivity index (χ0) is 19.3. The van der Waals surface area contributed by atoms with Crippen LogP contribution in [0.15, 0.2) is 48.5 Å². The van der Waals surface area contributed by atoms with Crippen molar-refractivity contribution in [1.29, 1.82) is 0 Å². The van der Waals surface area contributed by atoms with Crippen molar-refractivity contribution in [2.24, 2.45) is 0 Å². The third-order valence-corrected chi connectivity index (χ3v) is 6.40. The smallest absolute Gasteiger partial charge is 0.251 e. The molecule has 1 saturated heterocycles. The van der Waals surface area contributed by atoms with Crippen molar-refractivity contribution in [2.75, 3.05) is 26.3 Å². The fraction of sp³-hybridized carbons (Fsp3) is 0.350. The van der Waals surface area contributed by atoms with Gasteiger partial charge in [0.1, 0.15) is 0 Å². The van der Waals surface area contributed by atoms with E-state index in [1.165, 1.54) is 4.31 Å². The fourth-order valence-corrected chi connectivity index (χ4v) is 4.53. The summed E-state index contributed by atoms with van der Waals surface area (Å²) in [6, 6.07) is 14.6. The number of rotatable bonds is 6. The van der Waals surface area contributed by atoms with Gasteiger partial charge in [-0.3, -0.25) is 4.79 Å². The lowest BCUT2D eigenvalue weighted by molar-refractivity contribution is 0.0729. The summed E-state index contributed by atoms with van der Waals surface area (Å²) < 4.78 is 32.1. The first-order valence-electron chi connectivity index (χ1n) is 8.93. The molecule has 1 aliphatic heterocycles. The number of nitrogens with zero attached hydrogens (tertiary/aromatic N) is 1. The molecule has 1 heterocycles. The Morgan fingerprint density at radius 1 is 1.04 bits per heavy atom. The Hall–Kier alpha value is -2.22. The van der Waals surface area contributed by atoms with E-state index >= 15 is 0 Å². The van der Waals surface area contributed by atoms with E-state index < -0.39 is 10.0 Å². The fourth-order valence-electron chi connectivity index (χ4n) is 2.97. The Bertz CT molecular complexity index is 888. The highest BCUT2D eigenvalue weighted by atomic mass is 32.2. The van der Waals surface area contributed by atoms with E-state index in [1.807, 2.05) is 37.3 Å². The molecule has 0 bridgehead atoms. The number of hydrogen-bond donors (Lipinski definition) is 1. The van der Waals surface area contributed by atoms with Crippen LogP contribution in [0.25, 0.3) is 0 Å². The van der Waals surface area contributed by atoms with Crippen molar-refractivity contribution in [3.63, 3.8) is 0 Å². The summed E-state index contributed by atoms with van der Waals surface area (Å²) in [6.07, 6.45) is 0. The maximum atomic E-state index is 12.7. The molecule has 27 heavy (non-hydrogen) atoms. The van der Waals surface area contributed by atoms with Gasteiger partial charge in [-0.05, 0) is 30.2 Å². The molecule has 1 fully saturated rings. The lowest BCUT2D eigenvalue weighted by Gasteiger charge is -2.26. The summed E-state index contributed by atoms with van der Waals surface area (Å²) in [6.45, 7) is 3.86. The third kappa shape index (κ3) is 5.15. The first-order valence-corrected chi connectivity index (χ1v) is 10.5. The van der Waals surface area contributed by atoms with Crippen LogP contribution in [0.5, 0.6) is 0 Å². The van der Waals surface area contributed by atoms with Gasteiger partial charge in [-0.2, -0.15) is 4.31 Å². The zero-order valence-electron chi connectivity index (χ0n) is 15.3. The molecular weight excluding hydrogens is 364 g/mol. The molecule has 0 saturated carbocycles. The summed E-state index contributed by atoms with van der Waals surface area (Å²) in [5.74, 6) is -0.260. The highest BCUT2D eigenvalue weighted by molar-refractivity contribution is 7.88. The molecule has 2 aromatic carbocycles. The number of amides is 1. The molecular formula is C20H24N2O4S. The Labute approximate surface area is 160 Å². The lowest BCUT2D eigenvalue weighted by Crippen LogP contribution is -2.41. The number of morpholine rings is 1. The molecule has 3 rings (SSSR count). The molecule has 0 aliphatic carbocycles. The summed E-state index contributed by atoms with van der Waals surface area (Å²) >= 11 is 0. The van der Waals surface area contributed by atoms with Gasteiger partial charge < -0.3 is 10.1 Å². The van der Waals surface area contributed by atoms with Gasteiger partial charge in [-0.1, -0.05) is 42.0 Å². The van der Waals surface area contributed by atoms with Crippen molar-refractivity contribution in [3.05, 3.63) is 70.8 Å². The molecule has 0 spiro atoms. The number of carbonyl (C=O) groups excluding carboxylic acids is 1. The van der Waals surface area contributed by atoms with Gasteiger partial charge in [0.05, 0.1) is 19.0 Å². The van der Waals surface area contributed by atoms with Crippen molar-refractivity contribution in [2.45, 2.75) is 19.2 Å². The number of aryl methyl sites for hydroxylation is 1. The standard InChI is InChI=1S/C20H24N2O4S/c1-16-6-8-17(9-7-16)20(23)21-14-18-4-2-3-5-19(18)15-27(24,25)22-10-12-26-13-11-22/h2-9H,10-15H2,1H3,(H,21,23). The van der Waals surface area contributed by atoms with E-state index in [2.05, 4.69) is 5.32 Å². The van der Waals surface area contributed by atoms with E-state index in [9.17, 15) is 13.2 Å². The Kier molecular flexibility index (Phi) is 6.26. The molecule has 144 valence electrons. The van der Waals surface area contributed by atoms with Crippen LogP contribution < -0.4 is 5.32 Å². The van der Waals surface area contributed by atoms with Gasteiger partial charge in [0.25, 0.3) is 5.91 Å². The molecule has 1 aliphatic rings. The van der Waals surface area contributed by atoms with Crippen LogP contribution in [0.1, 0.15) is 27.0 Å². The number of ether oxygens (including phenoxy) is 1. The van der Waals surface area contributed by atoms with Crippen LogP contribution in [0, 0.1) is 6.92 Å². The lowest BCUT2D eigenvalue weighted by atomic mass is 10.1. The number of nitrogens with one attached hydrogen (secondary N) is 1. The highest BCUT2D eigenvalue weighted by Crippen LogP contribution is 2.17. The minimum Gasteiger partial charge on any atom is -0.379 e. The Balaban J connectivity index is 1.68.